The first kappa shape index (κ1) is 27.0. The minimum atomic E-state index is -3.01. The minimum Gasteiger partial charge on any atom is -0.424 e. The van der Waals surface area contributed by atoms with E-state index in [-0.39, 0.29) is 17.2 Å². The Morgan fingerprint density at radius 1 is 0.971 bits per heavy atom. The molecule has 0 radical (unpaired) electrons. The van der Waals surface area contributed by atoms with E-state index < -0.39 is 14.1 Å². The summed E-state index contributed by atoms with van der Waals surface area (Å²) in [7, 11) is -1.41. The Morgan fingerprint density at radius 3 is 2.03 bits per heavy atom. The number of likely N-dealkylation sites (N-methyl/N-ethyl adjacent to an activating group) is 1. The van der Waals surface area contributed by atoms with Crippen molar-refractivity contribution in [3.8, 4) is 0 Å². The summed E-state index contributed by atoms with van der Waals surface area (Å²) in [5.74, 6) is -0.647. The van der Waals surface area contributed by atoms with E-state index in [0.29, 0.717) is 19.8 Å². The lowest BCUT2D eigenvalue weighted by Crippen LogP contribution is -2.65. The van der Waals surface area contributed by atoms with E-state index in [1.165, 1.54) is 0 Å². The second-order valence-electron chi connectivity index (χ2n) is 10.4. The van der Waals surface area contributed by atoms with Crippen LogP contribution in [0.15, 0.2) is 60.7 Å². The SMILES string of the molecule is CN(O)CCOC[C@H]1OC(C)(C)O[C@H]1CCCC(C)(C)[Si](O)(c1ccccc1)c1ccccc1. The molecule has 6 nitrogen and oxygen atoms in total. The molecule has 0 aromatic heterocycles. The summed E-state index contributed by atoms with van der Waals surface area (Å²) < 4.78 is 18.0. The van der Waals surface area contributed by atoms with Crippen LogP contribution < -0.4 is 10.4 Å². The van der Waals surface area contributed by atoms with Gasteiger partial charge in [0.25, 0.3) is 8.32 Å². The maximum Gasteiger partial charge on any atom is 0.258 e. The monoisotopic (exact) mass is 487 g/mol. The molecule has 2 aromatic rings. The minimum absolute atomic E-state index is 0.0686. The van der Waals surface area contributed by atoms with Gasteiger partial charge in [0, 0.05) is 13.6 Å². The van der Waals surface area contributed by atoms with Crippen LogP contribution in [0.2, 0.25) is 5.04 Å². The van der Waals surface area contributed by atoms with Crippen molar-refractivity contribution < 1.29 is 24.2 Å². The van der Waals surface area contributed by atoms with Crippen molar-refractivity contribution in [2.45, 2.75) is 70.0 Å². The molecule has 0 amide bonds. The molecule has 34 heavy (non-hydrogen) atoms. The third kappa shape index (κ3) is 6.54. The van der Waals surface area contributed by atoms with Crippen LogP contribution in [0.5, 0.6) is 0 Å². The molecule has 1 fully saturated rings. The summed E-state index contributed by atoms with van der Waals surface area (Å²) in [6.07, 6.45) is 2.38. The predicted molar refractivity (Wildman–Crippen MR) is 137 cm³/mol. The van der Waals surface area contributed by atoms with E-state index in [1.807, 2.05) is 50.2 Å². The van der Waals surface area contributed by atoms with Gasteiger partial charge < -0.3 is 24.2 Å². The second kappa shape index (κ2) is 11.4. The molecule has 0 spiro atoms. The van der Waals surface area contributed by atoms with Crippen LogP contribution in [0.1, 0.15) is 47.0 Å². The van der Waals surface area contributed by atoms with Gasteiger partial charge in [-0.2, -0.15) is 5.06 Å². The van der Waals surface area contributed by atoms with Gasteiger partial charge in [-0.1, -0.05) is 80.9 Å². The number of rotatable bonds is 12. The lowest BCUT2D eigenvalue weighted by Gasteiger charge is -2.41. The van der Waals surface area contributed by atoms with E-state index in [1.54, 1.807) is 7.05 Å². The third-order valence-electron chi connectivity index (χ3n) is 6.78. The molecule has 0 aliphatic carbocycles. The fourth-order valence-corrected chi connectivity index (χ4v) is 8.71. The number of nitrogens with zero attached hydrogens (tertiary/aromatic N) is 1. The first-order valence-electron chi connectivity index (χ1n) is 12.2. The molecule has 188 valence electrons. The molecule has 3 rings (SSSR count). The van der Waals surface area contributed by atoms with Crippen LogP contribution in [-0.2, 0) is 14.2 Å². The van der Waals surface area contributed by atoms with E-state index in [2.05, 4.69) is 38.1 Å². The average Bonchev–Trinajstić information content (AvgIpc) is 3.10. The van der Waals surface area contributed by atoms with Crippen LogP contribution in [0.25, 0.3) is 0 Å². The van der Waals surface area contributed by atoms with Gasteiger partial charge in [-0.3, -0.25) is 0 Å². The van der Waals surface area contributed by atoms with E-state index in [9.17, 15) is 10.0 Å². The molecule has 0 saturated carbocycles. The average molecular weight is 488 g/mol. The van der Waals surface area contributed by atoms with Crippen LogP contribution in [-0.4, -0.2) is 68.2 Å². The van der Waals surface area contributed by atoms with Crippen LogP contribution in [0, 0.1) is 0 Å². The Morgan fingerprint density at radius 2 is 1.50 bits per heavy atom. The van der Waals surface area contributed by atoms with Crippen molar-refractivity contribution in [3.63, 3.8) is 0 Å². The highest BCUT2D eigenvalue weighted by Gasteiger charge is 2.50. The molecule has 1 aliphatic rings. The number of benzene rings is 2. The van der Waals surface area contributed by atoms with Gasteiger partial charge in [0.05, 0.1) is 19.3 Å². The van der Waals surface area contributed by atoms with Gasteiger partial charge in [0.1, 0.15) is 6.10 Å². The Hall–Kier alpha value is -1.58. The Labute approximate surface area is 205 Å². The maximum atomic E-state index is 12.3. The summed E-state index contributed by atoms with van der Waals surface area (Å²) >= 11 is 0. The number of ether oxygens (including phenoxy) is 3. The lowest BCUT2D eigenvalue weighted by molar-refractivity contribution is -0.152. The molecule has 2 N–H and O–H groups in total. The number of hydroxylamine groups is 2. The second-order valence-corrected chi connectivity index (χ2v) is 14.3. The molecule has 0 unspecified atom stereocenters. The van der Waals surface area contributed by atoms with Gasteiger partial charge in [-0.25, -0.2) is 0 Å². The maximum absolute atomic E-state index is 12.3. The summed E-state index contributed by atoms with van der Waals surface area (Å²) in [5, 5.41) is 12.2. The van der Waals surface area contributed by atoms with Crippen LogP contribution in [0.4, 0.5) is 0 Å². The Balaban J connectivity index is 1.68. The van der Waals surface area contributed by atoms with Crippen LogP contribution in [0.3, 0.4) is 0 Å². The highest BCUT2D eigenvalue weighted by Crippen LogP contribution is 2.41. The lowest BCUT2D eigenvalue weighted by atomic mass is 10.0. The largest absolute Gasteiger partial charge is 0.424 e. The molecule has 0 bridgehead atoms. The van der Waals surface area contributed by atoms with E-state index in [0.717, 1.165) is 34.7 Å². The van der Waals surface area contributed by atoms with Gasteiger partial charge in [-0.15, -0.1) is 0 Å². The normalized spacial score (nSPS) is 20.7. The topological polar surface area (TPSA) is 71.4 Å². The molecular weight excluding hydrogens is 446 g/mol. The molecule has 1 aliphatic heterocycles. The fourth-order valence-electron chi connectivity index (χ4n) is 4.92. The van der Waals surface area contributed by atoms with Crippen molar-refractivity contribution in [1.82, 2.24) is 5.06 Å². The van der Waals surface area contributed by atoms with E-state index >= 15 is 0 Å². The fraction of sp³-hybridized carbons (Fsp3) is 0.556. The standard InChI is InChI=1S/C27H41NO5Si/c1-26(2,34(30,22-13-8-6-9-14-22)23-15-10-7-11-16-23)18-12-17-24-25(33-27(3,4)32-24)21-31-20-19-28(5)29/h6-11,13-16,24-25,29-30H,12,17-21H2,1-5H3/t24-,25+/m0/s1. The Bertz CT molecular complexity index is 836. The first-order valence-corrected chi connectivity index (χ1v) is 14.2. The summed E-state index contributed by atoms with van der Waals surface area (Å²) in [4.78, 5) is 12.3. The molecule has 2 atom stereocenters. The first-order chi connectivity index (χ1) is 16.1. The molecule has 7 heteroatoms. The molecule has 1 saturated heterocycles. The summed E-state index contributed by atoms with van der Waals surface area (Å²) in [5.41, 5.74) is 0. The number of hydrogen-bond donors (Lipinski definition) is 2. The van der Waals surface area contributed by atoms with Gasteiger partial charge >= 0.3 is 0 Å². The van der Waals surface area contributed by atoms with Crippen molar-refractivity contribution in [1.29, 1.82) is 0 Å². The smallest absolute Gasteiger partial charge is 0.258 e. The van der Waals surface area contributed by atoms with Crippen molar-refractivity contribution in [2.75, 3.05) is 26.8 Å². The van der Waals surface area contributed by atoms with Gasteiger partial charge in [-0.05, 0) is 42.1 Å². The third-order valence-corrected chi connectivity index (χ3v) is 11.3. The number of hydrogen-bond acceptors (Lipinski definition) is 6. The highest BCUT2D eigenvalue weighted by molar-refractivity contribution is 6.98. The van der Waals surface area contributed by atoms with Crippen LogP contribution >= 0.6 is 0 Å². The van der Waals surface area contributed by atoms with Gasteiger partial charge in [0.2, 0.25) is 0 Å². The van der Waals surface area contributed by atoms with Crippen molar-refractivity contribution >= 4 is 18.7 Å². The zero-order chi connectivity index (χ0) is 24.8. The van der Waals surface area contributed by atoms with Crippen molar-refractivity contribution in [3.05, 3.63) is 60.7 Å². The zero-order valence-corrected chi connectivity index (χ0v) is 22.2. The molecule has 1 heterocycles. The summed E-state index contributed by atoms with van der Waals surface area (Å²) in [6, 6.07) is 20.3. The Kier molecular flexibility index (Phi) is 9.08. The zero-order valence-electron chi connectivity index (χ0n) is 21.2. The highest BCUT2D eigenvalue weighted by atomic mass is 28.4. The molecule has 2 aromatic carbocycles. The summed E-state index contributed by atoms with van der Waals surface area (Å²) in [6.45, 7) is 9.56. The van der Waals surface area contributed by atoms with Crippen molar-refractivity contribution in [2.24, 2.45) is 0 Å². The van der Waals surface area contributed by atoms with E-state index in [4.69, 9.17) is 14.2 Å². The quantitative estimate of drug-likeness (QED) is 0.271. The molecular formula is C27H41NO5Si. The van der Waals surface area contributed by atoms with Gasteiger partial charge in [0.15, 0.2) is 5.79 Å². The predicted octanol–water partition coefficient (Wildman–Crippen LogP) is 3.55.